The molecule has 1 N–H and O–H groups in total. The third kappa shape index (κ3) is 3.56. The van der Waals surface area contributed by atoms with Crippen LogP contribution in [0.25, 0.3) is 0 Å². The second-order valence-electron chi connectivity index (χ2n) is 2.84. The smallest absolute Gasteiger partial charge is 0.252 e. The van der Waals surface area contributed by atoms with E-state index >= 15 is 0 Å². The Labute approximate surface area is 92.9 Å². The molecular weight excluding hydrogens is 214 g/mol. The topological polar surface area (TPSA) is 65.8 Å². The molecule has 0 aliphatic heterocycles. The highest BCUT2D eigenvalue weighted by atomic mass is 35.5. The van der Waals surface area contributed by atoms with Gasteiger partial charge in [-0.1, -0.05) is 0 Å². The molecule has 0 bridgehead atoms. The molecule has 0 aliphatic rings. The molecule has 5 heteroatoms. The minimum absolute atomic E-state index is 0.197. The zero-order valence-electron chi connectivity index (χ0n) is 8.03. The van der Waals surface area contributed by atoms with E-state index in [1.54, 1.807) is 6.07 Å². The first-order chi connectivity index (χ1) is 7.27. The van der Waals surface area contributed by atoms with Crippen molar-refractivity contribution in [2.24, 2.45) is 0 Å². The van der Waals surface area contributed by atoms with Crippen LogP contribution < -0.4 is 5.32 Å². The van der Waals surface area contributed by atoms with Gasteiger partial charge in [0.25, 0.3) is 5.91 Å². The van der Waals surface area contributed by atoms with Crippen molar-refractivity contribution in [1.82, 2.24) is 10.3 Å². The summed E-state index contributed by atoms with van der Waals surface area (Å²) in [6.45, 7) is 0.544. The third-order valence-electron chi connectivity index (χ3n) is 1.74. The first-order valence-corrected chi connectivity index (χ1v) is 5.01. The number of amides is 1. The van der Waals surface area contributed by atoms with Gasteiger partial charge in [0.1, 0.15) is 11.8 Å². The molecule has 0 aromatic carbocycles. The number of alkyl halides is 1. The average Bonchev–Trinajstić information content (AvgIpc) is 2.29. The van der Waals surface area contributed by atoms with Crippen LogP contribution in [0.3, 0.4) is 0 Å². The molecule has 15 heavy (non-hydrogen) atoms. The minimum atomic E-state index is -0.197. The Bertz CT molecular complexity index is 369. The van der Waals surface area contributed by atoms with Crippen molar-refractivity contribution in [3.8, 4) is 6.07 Å². The number of hydrogen-bond donors (Lipinski definition) is 1. The lowest BCUT2D eigenvalue weighted by molar-refractivity contribution is 0.0953. The van der Waals surface area contributed by atoms with Crippen LogP contribution in [0.1, 0.15) is 22.5 Å². The molecule has 1 rings (SSSR count). The lowest BCUT2D eigenvalue weighted by Gasteiger charge is -2.02. The molecule has 1 heterocycles. The Morgan fingerprint density at radius 1 is 1.60 bits per heavy atom. The number of carbonyl (C=O) groups is 1. The normalized spacial score (nSPS) is 9.33. The van der Waals surface area contributed by atoms with Gasteiger partial charge in [-0.15, -0.1) is 11.6 Å². The molecule has 0 atom stereocenters. The highest BCUT2D eigenvalue weighted by molar-refractivity contribution is 6.17. The van der Waals surface area contributed by atoms with Crippen molar-refractivity contribution in [2.45, 2.75) is 6.42 Å². The van der Waals surface area contributed by atoms with Gasteiger partial charge >= 0.3 is 0 Å². The number of carbonyl (C=O) groups excluding carboxylic acids is 1. The second-order valence-corrected chi connectivity index (χ2v) is 3.22. The van der Waals surface area contributed by atoms with E-state index in [1.165, 1.54) is 12.3 Å². The van der Waals surface area contributed by atoms with E-state index in [2.05, 4.69) is 10.3 Å². The van der Waals surface area contributed by atoms with Gasteiger partial charge in [-0.2, -0.15) is 5.26 Å². The lowest BCUT2D eigenvalue weighted by atomic mass is 10.2. The lowest BCUT2D eigenvalue weighted by Crippen LogP contribution is -2.24. The van der Waals surface area contributed by atoms with Crippen LogP contribution in [-0.4, -0.2) is 23.3 Å². The molecular formula is C10H10ClN3O. The van der Waals surface area contributed by atoms with Gasteiger partial charge in [0.05, 0.1) is 5.56 Å². The minimum Gasteiger partial charge on any atom is -0.352 e. The monoisotopic (exact) mass is 223 g/mol. The van der Waals surface area contributed by atoms with Crippen LogP contribution in [0.15, 0.2) is 18.3 Å². The quantitative estimate of drug-likeness (QED) is 0.618. The zero-order valence-corrected chi connectivity index (χ0v) is 8.79. The highest BCUT2D eigenvalue weighted by Gasteiger charge is 2.04. The molecule has 4 nitrogen and oxygen atoms in total. The summed E-state index contributed by atoms with van der Waals surface area (Å²) >= 11 is 5.47. The van der Waals surface area contributed by atoms with E-state index in [0.29, 0.717) is 23.7 Å². The Morgan fingerprint density at radius 2 is 2.40 bits per heavy atom. The number of halogens is 1. The summed E-state index contributed by atoms with van der Waals surface area (Å²) in [7, 11) is 0. The summed E-state index contributed by atoms with van der Waals surface area (Å²) < 4.78 is 0. The molecule has 0 aliphatic carbocycles. The van der Waals surface area contributed by atoms with Gasteiger partial charge in [-0.3, -0.25) is 4.79 Å². The molecule has 78 valence electrons. The Kier molecular flexibility index (Phi) is 4.58. The average molecular weight is 224 g/mol. The van der Waals surface area contributed by atoms with Gasteiger partial charge in [0, 0.05) is 18.6 Å². The van der Waals surface area contributed by atoms with Gasteiger partial charge in [0.2, 0.25) is 0 Å². The third-order valence-corrected chi connectivity index (χ3v) is 2.00. The number of hydrogen-bond acceptors (Lipinski definition) is 3. The predicted molar refractivity (Wildman–Crippen MR) is 56.6 cm³/mol. The van der Waals surface area contributed by atoms with Crippen LogP contribution in [0, 0.1) is 11.3 Å². The van der Waals surface area contributed by atoms with Crippen molar-refractivity contribution >= 4 is 17.5 Å². The maximum absolute atomic E-state index is 11.4. The van der Waals surface area contributed by atoms with Crippen LogP contribution in [-0.2, 0) is 0 Å². The maximum atomic E-state index is 11.4. The second kappa shape index (κ2) is 5.99. The van der Waals surface area contributed by atoms with Crippen molar-refractivity contribution in [1.29, 1.82) is 5.26 Å². The van der Waals surface area contributed by atoms with Crippen molar-refractivity contribution in [3.63, 3.8) is 0 Å². The van der Waals surface area contributed by atoms with Gasteiger partial charge in [-0.05, 0) is 18.6 Å². The van der Waals surface area contributed by atoms with Gasteiger partial charge in [-0.25, -0.2) is 4.98 Å². The first-order valence-electron chi connectivity index (χ1n) is 4.48. The van der Waals surface area contributed by atoms with E-state index in [-0.39, 0.29) is 5.91 Å². The summed E-state index contributed by atoms with van der Waals surface area (Å²) in [5.41, 5.74) is 0.746. The molecule has 1 aromatic heterocycles. The number of rotatable bonds is 4. The van der Waals surface area contributed by atoms with E-state index < -0.39 is 0 Å². The molecule has 1 amide bonds. The fraction of sp³-hybridized carbons (Fsp3) is 0.300. The highest BCUT2D eigenvalue weighted by Crippen LogP contribution is 1.99. The molecule has 0 saturated carbocycles. The summed E-state index contributed by atoms with van der Waals surface area (Å²) in [6.07, 6.45) is 2.12. The number of pyridine rings is 1. The molecule has 1 aromatic rings. The Hall–Kier alpha value is -1.60. The van der Waals surface area contributed by atoms with Gasteiger partial charge in [0.15, 0.2) is 0 Å². The van der Waals surface area contributed by atoms with Crippen LogP contribution in [0.5, 0.6) is 0 Å². The summed E-state index contributed by atoms with van der Waals surface area (Å²) in [5.74, 6) is 0.323. The zero-order chi connectivity index (χ0) is 11.1. The number of nitriles is 1. The van der Waals surface area contributed by atoms with E-state index in [1.807, 2.05) is 6.07 Å². The van der Waals surface area contributed by atoms with E-state index in [4.69, 9.17) is 16.9 Å². The SMILES string of the molecule is N#Cc1ccc(C(=O)NCCCCl)cn1. The molecule has 0 unspecified atom stereocenters. The number of nitrogens with one attached hydrogen (secondary N) is 1. The fourth-order valence-electron chi connectivity index (χ4n) is 0.965. The van der Waals surface area contributed by atoms with E-state index in [9.17, 15) is 4.79 Å². The standard InChI is InChI=1S/C10H10ClN3O/c11-4-1-5-13-10(15)8-2-3-9(6-12)14-7-8/h2-3,7H,1,4-5H2,(H,13,15). The fourth-order valence-corrected chi connectivity index (χ4v) is 1.10. The number of nitrogens with zero attached hydrogens (tertiary/aromatic N) is 2. The molecule has 0 saturated heterocycles. The summed E-state index contributed by atoms with van der Waals surface area (Å²) in [4.78, 5) is 15.2. The predicted octanol–water partition coefficient (Wildman–Crippen LogP) is 1.31. The molecule has 0 radical (unpaired) electrons. The Morgan fingerprint density at radius 3 is 2.93 bits per heavy atom. The van der Waals surface area contributed by atoms with Gasteiger partial charge < -0.3 is 5.32 Å². The molecule has 0 fully saturated rings. The van der Waals surface area contributed by atoms with Crippen molar-refractivity contribution < 1.29 is 4.79 Å². The van der Waals surface area contributed by atoms with Crippen LogP contribution in [0.4, 0.5) is 0 Å². The summed E-state index contributed by atoms with van der Waals surface area (Å²) in [5, 5.41) is 11.2. The Balaban J connectivity index is 2.55. The van der Waals surface area contributed by atoms with Crippen molar-refractivity contribution in [3.05, 3.63) is 29.6 Å². The summed E-state index contributed by atoms with van der Waals surface area (Å²) in [6, 6.07) is 4.97. The first kappa shape index (κ1) is 11.5. The van der Waals surface area contributed by atoms with Crippen molar-refractivity contribution in [2.75, 3.05) is 12.4 Å². The van der Waals surface area contributed by atoms with Crippen LogP contribution >= 0.6 is 11.6 Å². The maximum Gasteiger partial charge on any atom is 0.252 e. The molecule has 0 spiro atoms. The van der Waals surface area contributed by atoms with Crippen LogP contribution in [0.2, 0.25) is 0 Å². The number of aromatic nitrogens is 1. The largest absolute Gasteiger partial charge is 0.352 e. The van der Waals surface area contributed by atoms with E-state index in [0.717, 1.165) is 6.42 Å².